The first-order valence-corrected chi connectivity index (χ1v) is 11.3. The molecule has 0 spiro atoms. The summed E-state index contributed by atoms with van der Waals surface area (Å²) in [7, 11) is 0. The van der Waals surface area contributed by atoms with Crippen molar-refractivity contribution in [2.24, 2.45) is 0 Å². The van der Waals surface area contributed by atoms with Gasteiger partial charge in [0.05, 0.1) is 32.5 Å². The van der Waals surface area contributed by atoms with Crippen molar-refractivity contribution < 1.29 is 19.8 Å². The van der Waals surface area contributed by atoms with Crippen LogP contribution < -0.4 is 10.6 Å². The summed E-state index contributed by atoms with van der Waals surface area (Å²) in [5, 5.41) is 26.7. The molecule has 0 bridgehead atoms. The molecule has 0 radical (unpaired) electrons. The summed E-state index contributed by atoms with van der Waals surface area (Å²) in [6.07, 6.45) is 0.401. The molecule has 176 valence electrons. The minimum Gasteiger partial charge on any atom is -0.506 e. The minimum absolute atomic E-state index is 0.101. The molecule has 0 aliphatic heterocycles. The molecule has 0 heterocycles. The summed E-state index contributed by atoms with van der Waals surface area (Å²) in [4.78, 5) is 24.9. The van der Waals surface area contributed by atoms with Crippen molar-refractivity contribution in [2.75, 3.05) is 10.6 Å². The Morgan fingerprint density at radius 3 is 1.40 bits per heavy atom. The topological polar surface area (TPSA) is 98.7 Å². The zero-order valence-corrected chi connectivity index (χ0v) is 19.8. The highest BCUT2D eigenvalue weighted by Gasteiger charge is 2.14. The number of benzene rings is 4. The second-order valence-corrected chi connectivity index (χ2v) is 8.56. The number of aromatic hydroxyl groups is 2. The highest BCUT2D eigenvalue weighted by atomic mass is 35.5. The van der Waals surface area contributed by atoms with Crippen LogP contribution in [0.4, 0.5) is 11.4 Å². The van der Waals surface area contributed by atoms with Crippen LogP contribution in [0.3, 0.4) is 0 Å². The summed E-state index contributed by atoms with van der Waals surface area (Å²) in [5.41, 5.74) is 2.61. The highest BCUT2D eigenvalue weighted by molar-refractivity contribution is 6.35. The molecular formula is C27H20Cl2N2O4. The summed E-state index contributed by atoms with van der Waals surface area (Å²) in [5.74, 6) is -1.07. The smallest absolute Gasteiger partial charge is 0.257 e. The van der Waals surface area contributed by atoms with Gasteiger partial charge in [-0.15, -0.1) is 0 Å². The quantitative estimate of drug-likeness (QED) is 0.224. The first-order chi connectivity index (χ1) is 16.8. The SMILES string of the molecule is O=C(Nc1ccc(Cc2ccc(NC(=O)c3ccccc3Cl)c(O)c2)cc1O)c1ccccc1Cl. The van der Waals surface area contributed by atoms with E-state index < -0.39 is 11.8 Å². The van der Waals surface area contributed by atoms with Gasteiger partial charge in [-0.25, -0.2) is 0 Å². The van der Waals surface area contributed by atoms with Crippen LogP contribution in [0.15, 0.2) is 84.9 Å². The van der Waals surface area contributed by atoms with Crippen molar-refractivity contribution in [2.45, 2.75) is 6.42 Å². The van der Waals surface area contributed by atoms with Crippen LogP contribution in [0, 0.1) is 0 Å². The molecule has 0 aliphatic carbocycles. The van der Waals surface area contributed by atoms with E-state index in [1.165, 1.54) is 12.1 Å². The normalized spacial score (nSPS) is 10.6. The number of phenolic OH excluding ortho intramolecular Hbond substituents is 2. The van der Waals surface area contributed by atoms with Gasteiger partial charge in [-0.2, -0.15) is 0 Å². The monoisotopic (exact) mass is 506 g/mol. The fraction of sp³-hybridized carbons (Fsp3) is 0.0370. The predicted octanol–water partition coefficient (Wildman–Crippen LogP) is 6.50. The molecule has 8 heteroatoms. The van der Waals surface area contributed by atoms with Crippen molar-refractivity contribution >= 4 is 46.4 Å². The number of anilines is 2. The van der Waals surface area contributed by atoms with Crippen molar-refractivity contribution in [3.05, 3.63) is 117 Å². The first kappa shape index (κ1) is 24.1. The molecule has 35 heavy (non-hydrogen) atoms. The fourth-order valence-corrected chi connectivity index (χ4v) is 3.93. The van der Waals surface area contributed by atoms with Crippen LogP contribution in [-0.2, 0) is 6.42 Å². The Bertz CT molecular complexity index is 1320. The van der Waals surface area contributed by atoms with Gasteiger partial charge in [-0.3, -0.25) is 9.59 Å². The number of nitrogens with one attached hydrogen (secondary N) is 2. The maximum atomic E-state index is 12.4. The Morgan fingerprint density at radius 2 is 1.03 bits per heavy atom. The van der Waals surface area contributed by atoms with Crippen LogP contribution in [0.1, 0.15) is 31.8 Å². The van der Waals surface area contributed by atoms with E-state index in [1.54, 1.807) is 72.8 Å². The van der Waals surface area contributed by atoms with E-state index in [0.717, 1.165) is 11.1 Å². The van der Waals surface area contributed by atoms with Gasteiger partial charge in [0, 0.05) is 0 Å². The first-order valence-electron chi connectivity index (χ1n) is 10.6. The number of rotatable bonds is 6. The third-order valence-electron chi connectivity index (χ3n) is 5.27. The van der Waals surface area contributed by atoms with Crippen LogP contribution in [0.25, 0.3) is 0 Å². The lowest BCUT2D eigenvalue weighted by Crippen LogP contribution is -2.12. The average Bonchev–Trinajstić information content (AvgIpc) is 2.83. The molecule has 4 aromatic carbocycles. The third kappa shape index (κ3) is 5.74. The molecule has 0 aromatic heterocycles. The zero-order valence-electron chi connectivity index (χ0n) is 18.3. The number of phenols is 2. The zero-order chi connectivity index (χ0) is 24.9. The van der Waals surface area contributed by atoms with Gasteiger partial charge in [0.1, 0.15) is 11.5 Å². The van der Waals surface area contributed by atoms with Crippen LogP contribution in [0.5, 0.6) is 11.5 Å². The van der Waals surface area contributed by atoms with E-state index >= 15 is 0 Å². The summed E-state index contributed by atoms with van der Waals surface area (Å²) >= 11 is 12.1. The van der Waals surface area contributed by atoms with Crippen LogP contribution in [0.2, 0.25) is 10.0 Å². The molecule has 0 saturated heterocycles. The van der Waals surface area contributed by atoms with Crippen molar-refractivity contribution in [3.8, 4) is 11.5 Å². The number of carbonyl (C=O) groups is 2. The number of carbonyl (C=O) groups excluding carboxylic acids is 2. The molecule has 0 atom stereocenters. The maximum absolute atomic E-state index is 12.4. The van der Waals surface area contributed by atoms with Crippen molar-refractivity contribution in [3.63, 3.8) is 0 Å². The molecule has 4 N–H and O–H groups in total. The fourth-order valence-electron chi connectivity index (χ4n) is 3.49. The van der Waals surface area contributed by atoms with Crippen LogP contribution in [-0.4, -0.2) is 22.0 Å². The molecule has 0 fully saturated rings. The Labute approximate surface area is 211 Å². The third-order valence-corrected chi connectivity index (χ3v) is 5.93. The standard InChI is InChI=1S/C27H20Cl2N2O4/c28-20-7-3-1-5-18(20)26(34)30-22-11-9-16(14-24(22)32)13-17-10-12-23(25(33)15-17)31-27(35)19-6-2-4-8-21(19)29/h1-12,14-15,32-33H,13H2,(H,30,34)(H,31,35). The summed E-state index contributed by atoms with van der Waals surface area (Å²) < 4.78 is 0. The Kier molecular flexibility index (Phi) is 7.25. The van der Waals surface area contributed by atoms with E-state index in [0.29, 0.717) is 27.6 Å². The van der Waals surface area contributed by atoms with Gasteiger partial charge in [-0.1, -0.05) is 59.6 Å². The molecule has 2 amide bonds. The average molecular weight is 507 g/mol. The van der Waals surface area contributed by atoms with Crippen LogP contribution >= 0.6 is 23.2 Å². The second-order valence-electron chi connectivity index (χ2n) is 7.75. The van der Waals surface area contributed by atoms with Gasteiger partial charge >= 0.3 is 0 Å². The minimum atomic E-state index is -0.432. The number of hydrogen-bond donors (Lipinski definition) is 4. The maximum Gasteiger partial charge on any atom is 0.257 e. The van der Waals surface area contributed by atoms with Gasteiger partial charge in [0.15, 0.2) is 0 Å². The number of halogens is 2. The van der Waals surface area contributed by atoms with Gasteiger partial charge in [0.2, 0.25) is 0 Å². The molecule has 4 aromatic rings. The molecular weight excluding hydrogens is 487 g/mol. The van der Waals surface area contributed by atoms with Crippen molar-refractivity contribution in [1.82, 2.24) is 0 Å². The van der Waals surface area contributed by atoms with Gasteiger partial charge < -0.3 is 20.8 Å². The molecule has 6 nitrogen and oxygen atoms in total. The largest absolute Gasteiger partial charge is 0.506 e. The van der Waals surface area contributed by atoms with E-state index in [-0.39, 0.29) is 22.9 Å². The number of amides is 2. The Hall–Kier alpha value is -4.00. The summed E-state index contributed by atoms with van der Waals surface area (Å²) in [6, 6.07) is 23.0. The molecule has 0 saturated carbocycles. The van der Waals surface area contributed by atoms with E-state index in [9.17, 15) is 19.8 Å². The van der Waals surface area contributed by atoms with Crippen molar-refractivity contribution in [1.29, 1.82) is 0 Å². The predicted molar refractivity (Wildman–Crippen MR) is 138 cm³/mol. The van der Waals surface area contributed by atoms with Gasteiger partial charge in [0.25, 0.3) is 11.8 Å². The second kappa shape index (κ2) is 10.5. The Morgan fingerprint density at radius 1 is 0.629 bits per heavy atom. The highest BCUT2D eigenvalue weighted by Crippen LogP contribution is 2.30. The molecule has 0 aliphatic rings. The lowest BCUT2D eigenvalue weighted by Gasteiger charge is -2.12. The van der Waals surface area contributed by atoms with E-state index in [4.69, 9.17) is 23.2 Å². The molecule has 0 unspecified atom stereocenters. The summed E-state index contributed by atoms with van der Waals surface area (Å²) in [6.45, 7) is 0. The van der Waals surface area contributed by atoms with E-state index in [1.807, 2.05) is 0 Å². The van der Waals surface area contributed by atoms with Gasteiger partial charge in [-0.05, 0) is 66.1 Å². The van der Waals surface area contributed by atoms with E-state index in [2.05, 4.69) is 10.6 Å². The lowest BCUT2D eigenvalue weighted by atomic mass is 10.0. The Balaban J connectivity index is 1.44. The lowest BCUT2D eigenvalue weighted by molar-refractivity contribution is 0.101. The number of hydrogen-bond acceptors (Lipinski definition) is 4. The molecule has 4 rings (SSSR count).